The summed E-state index contributed by atoms with van der Waals surface area (Å²) in [5, 5.41) is 17.9. The molecule has 0 bridgehead atoms. The zero-order valence-corrected chi connectivity index (χ0v) is 6.32. The van der Waals surface area contributed by atoms with E-state index >= 15 is 0 Å². The number of carboxylic acid groups (broad SMARTS) is 1. The maximum Gasteiger partial charge on any atom is 0.339 e. The van der Waals surface area contributed by atoms with Crippen molar-refractivity contribution in [3.8, 4) is 5.75 Å². The molecule has 12 heavy (non-hydrogen) atoms. The average molecular weight is 167 g/mol. The van der Waals surface area contributed by atoms with Gasteiger partial charge in [0.1, 0.15) is 11.3 Å². The number of hydrogen-bond acceptors (Lipinski definition) is 3. The largest absolute Gasteiger partial charge is 0.507 e. The molecule has 0 aliphatic carbocycles. The van der Waals surface area contributed by atoms with Gasteiger partial charge >= 0.3 is 5.97 Å². The lowest BCUT2D eigenvalue weighted by Gasteiger charge is -2.03. The number of benzene rings is 1. The number of para-hydroxylation sites is 1. The first kappa shape index (κ1) is 8.55. The first-order valence-corrected chi connectivity index (χ1v) is 3.41. The van der Waals surface area contributed by atoms with Crippen LogP contribution < -0.4 is 5.73 Å². The van der Waals surface area contributed by atoms with Crippen LogP contribution in [0.4, 0.5) is 0 Å². The van der Waals surface area contributed by atoms with E-state index in [2.05, 4.69) is 0 Å². The number of nitrogens with two attached hydrogens (primary N) is 1. The number of aromatic hydroxyl groups is 1. The lowest BCUT2D eigenvalue weighted by molar-refractivity contribution is 0.0693. The van der Waals surface area contributed by atoms with Crippen molar-refractivity contribution in [1.29, 1.82) is 0 Å². The van der Waals surface area contributed by atoms with Crippen molar-refractivity contribution in [3.05, 3.63) is 29.3 Å². The molecule has 0 aromatic heterocycles. The summed E-state index contributed by atoms with van der Waals surface area (Å²) < 4.78 is 0. The van der Waals surface area contributed by atoms with Crippen LogP contribution in [0.2, 0.25) is 0 Å². The average Bonchev–Trinajstić information content (AvgIpc) is 2.04. The normalized spacial score (nSPS) is 9.75. The van der Waals surface area contributed by atoms with Crippen molar-refractivity contribution >= 4 is 5.97 Å². The third-order valence-corrected chi connectivity index (χ3v) is 1.57. The van der Waals surface area contributed by atoms with Crippen LogP contribution in [0, 0.1) is 0 Å². The van der Waals surface area contributed by atoms with Crippen LogP contribution in [0.15, 0.2) is 18.2 Å². The second-order valence-electron chi connectivity index (χ2n) is 2.32. The molecule has 1 rings (SSSR count). The predicted molar refractivity (Wildman–Crippen MR) is 43.0 cm³/mol. The fourth-order valence-corrected chi connectivity index (χ4v) is 0.929. The van der Waals surface area contributed by atoms with Gasteiger partial charge < -0.3 is 15.9 Å². The highest BCUT2D eigenvalue weighted by Crippen LogP contribution is 2.21. The summed E-state index contributed by atoms with van der Waals surface area (Å²) in [6.07, 6.45) is 0. The van der Waals surface area contributed by atoms with Gasteiger partial charge in [0.2, 0.25) is 0 Å². The Morgan fingerprint density at radius 2 is 2.17 bits per heavy atom. The van der Waals surface area contributed by atoms with Gasteiger partial charge in [-0.1, -0.05) is 12.1 Å². The standard InChI is InChI=1S/C8H9NO3/c9-4-5-2-1-3-6(7(5)10)8(11)12/h1-3,10H,4,9H2,(H,11,12). The number of hydrogen-bond donors (Lipinski definition) is 3. The first-order valence-electron chi connectivity index (χ1n) is 3.41. The lowest BCUT2D eigenvalue weighted by Crippen LogP contribution is -2.02. The zero-order chi connectivity index (χ0) is 9.14. The summed E-state index contributed by atoms with van der Waals surface area (Å²) in [7, 11) is 0. The quantitative estimate of drug-likeness (QED) is 0.600. The van der Waals surface area contributed by atoms with Gasteiger partial charge in [0.15, 0.2) is 0 Å². The molecule has 0 radical (unpaired) electrons. The molecule has 0 saturated carbocycles. The van der Waals surface area contributed by atoms with Crippen molar-refractivity contribution in [2.24, 2.45) is 5.73 Å². The smallest absolute Gasteiger partial charge is 0.339 e. The Morgan fingerprint density at radius 3 is 2.67 bits per heavy atom. The van der Waals surface area contributed by atoms with Gasteiger partial charge in [-0.3, -0.25) is 0 Å². The molecule has 0 atom stereocenters. The Bertz CT molecular complexity index is 309. The Balaban J connectivity index is 3.23. The van der Waals surface area contributed by atoms with Crippen molar-refractivity contribution in [2.45, 2.75) is 6.54 Å². The van der Waals surface area contributed by atoms with Gasteiger partial charge in [0, 0.05) is 12.1 Å². The lowest BCUT2D eigenvalue weighted by atomic mass is 10.1. The molecule has 0 spiro atoms. The van der Waals surface area contributed by atoms with Gasteiger partial charge in [-0.05, 0) is 6.07 Å². The molecule has 64 valence electrons. The Kier molecular flexibility index (Phi) is 2.30. The molecule has 1 aromatic rings. The number of aromatic carboxylic acids is 1. The van der Waals surface area contributed by atoms with E-state index in [4.69, 9.17) is 10.8 Å². The van der Waals surface area contributed by atoms with Crippen molar-refractivity contribution in [1.82, 2.24) is 0 Å². The summed E-state index contributed by atoms with van der Waals surface area (Å²) in [5.41, 5.74) is 5.59. The molecule has 0 heterocycles. The summed E-state index contributed by atoms with van der Waals surface area (Å²) in [6.45, 7) is 0.132. The van der Waals surface area contributed by atoms with E-state index in [1.807, 2.05) is 0 Å². The molecule has 0 saturated heterocycles. The van der Waals surface area contributed by atoms with Crippen LogP contribution in [0.5, 0.6) is 5.75 Å². The molecule has 0 aliphatic rings. The van der Waals surface area contributed by atoms with E-state index in [1.54, 1.807) is 12.1 Å². The van der Waals surface area contributed by atoms with E-state index in [0.717, 1.165) is 0 Å². The SMILES string of the molecule is NCc1cccc(C(=O)O)c1O. The topological polar surface area (TPSA) is 83.6 Å². The Labute approximate surface area is 69.3 Å². The zero-order valence-electron chi connectivity index (χ0n) is 6.32. The molecule has 4 heteroatoms. The molecular weight excluding hydrogens is 158 g/mol. The van der Waals surface area contributed by atoms with E-state index in [1.165, 1.54) is 6.07 Å². The monoisotopic (exact) mass is 167 g/mol. The molecule has 4 nitrogen and oxygen atoms in total. The van der Waals surface area contributed by atoms with Crippen LogP contribution in [0.3, 0.4) is 0 Å². The van der Waals surface area contributed by atoms with E-state index in [0.29, 0.717) is 5.56 Å². The molecule has 0 amide bonds. The van der Waals surface area contributed by atoms with Gasteiger partial charge in [-0.25, -0.2) is 4.79 Å². The maximum atomic E-state index is 10.5. The highest BCUT2D eigenvalue weighted by Gasteiger charge is 2.10. The van der Waals surface area contributed by atoms with Crippen LogP contribution in [0.25, 0.3) is 0 Å². The highest BCUT2D eigenvalue weighted by molar-refractivity contribution is 5.91. The van der Waals surface area contributed by atoms with Gasteiger partial charge in [0.25, 0.3) is 0 Å². The number of phenols is 1. The predicted octanol–water partition coefficient (Wildman–Crippen LogP) is 0.549. The van der Waals surface area contributed by atoms with E-state index in [9.17, 15) is 9.90 Å². The first-order chi connectivity index (χ1) is 5.66. The number of carbonyl (C=O) groups is 1. The molecule has 0 aliphatic heterocycles. The number of carboxylic acids is 1. The maximum absolute atomic E-state index is 10.5. The second-order valence-corrected chi connectivity index (χ2v) is 2.32. The van der Waals surface area contributed by atoms with E-state index in [-0.39, 0.29) is 17.9 Å². The van der Waals surface area contributed by atoms with Crippen LogP contribution >= 0.6 is 0 Å². The minimum Gasteiger partial charge on any atom is -0.507 e. The third kappa shape index (κ3) is 1.38. The fourth-order valence-electron chi connectivity index (χ4n) is 0.929. The Hall–Kier alpha value is -1.55. The molecular formula is C8H9NO3. The van der Waals surface area contributed by atoms with Crippen molar-refractivity contribution < 1.29 is 15.0 Å². The third-order valence-electron chi connectivity index (χ3n) is 1.57. The minimum absolute atomic E-state index is 0.113. The highest BCUT2D eigenvalue weighted by atomic mass is 16.4. The van der Waals surface area contributed by atoms with Gasteiger partial charge in [-0.15, -0.1) is 0 Å². The summed E-state index contributed by atoms with van der Waals surface area (Å²) in [4.78, 5) is 10.5. The van der Waals surface area contributed by atoms with Gasteiger partial charge in [-0.2, -0.15) is 0 Å². The van der Waals surface area contributed by atoms with Crippen LogP contribution in [-0.2, 0) is 6.54 Å². The fraction of sp³-hybridized carbons (Fsp3) is 0.125. The molecule has 0 unspecified atom stereocenters. The summed E-state index contributed by atoms with van der Waals surface area (Å²) in [5.74, 6) is -1.39. The molecule has 0 fully saturated rings. The van der Waals surface area contributed by atoms with Crippen LogP contribution in [0.1, 0.15) is 15.9 Å². The minimum atomic E-state index is -1.15. The number of rotatable bonds is 2. The molecule has 4 N–H and O–H groups in total. The van der Waals surface area contributed by atoms with Crippen molar-refractivity contribution in [3.63, 3.8) is 0 Å². The molecule has 1 aromatic carbocycles. The second kappa shape index (κ2) is 3.23. The summed E-state index contributed by atoms with van der Waals surface area (Å²) in [6, 6.07) is 4.46. The van der Waals surface area contributed by atoms with Crippen LogP contribution in [-0.4, -0.2) is 16.2 Å². The Morgan fingerprint density at radius 1 is 1.50 bits per heavy atom. The summed E-state index contributed by atoms with van der Waals surface area (Å²) >= 11 is 0. The van der Waals surface area contributed by atoms with Gasteiger partial charge in [0.05, 0.1) is 0 Å². The van der Waals surface area contributed by atoms with E-state index < -0.39 is 5.97 Å². The van der Waals surface area contributed by atoms with Crippen molar-refractivity contribution in [2.75, 3.05) is 0 Å².